The summed E-state index contributed by atoms with van der Waals surface area (Å²) in [5.74, 6) is 0.642. The molecule has 112 valence electrons. The molecule has 1 heterocycles. The Labute approximate surface area is 126 Å². The van der Waals surface area contributed by atoms with E-state index in [9.17, 15) is 0 Å². The predicted molar refractivity (Wildman–Crippen MR) is 85.7 cm³/mol. The second-order valence-electron chi connectivity index (χ2n) is 5.93. The Kier molecular flexibility index (Phi) is 4.68. The van der Waals surface area contributed by atoms with Gasteiger partial charge >= 0.3 is 0 Å². The first-order valence-corrected chi connectivity index (χ1v) is 7.89. The molecule has 0 saturated heterocycles. The van der Waals surface area contributed by atoms with Crippen LogP contribution in [-0.2, 0) is 6.54 Å². The van der Waals surface area contributed by atoms with E-state index < -0.39 is 0 Å². The van der Waals surface area contributed by atoms with Crippen LogP contribution in [-0.4, -0.2) is 22.8 Å². The van der Waals surface area contributed by atoms with Gasteiger partial charge in [0, 0.05) is 18.8 Å². The molecule has 1 fully saturated rings. The minimum atomic E-state index is 0.580. The van der Waals surface area contributed by atoms with Crippen molar-refractivity contribution in [2.45, 2.75) is 38.3 Å². The topological polar surface area (TPSA) is 66.7 Å². The lowest BCUT2D eigenvalue weighted by molar-refractivity contribution is 0.267. The average molecular weight is 284 g/mol. The molecule has 1 aromatic carbocycles. The van der Waals surface area contributed by atoms with E-state index in [2.05, 4.69) is 39.8 Å². The van der Waals surface area contributed by atoms with Gasteiger partial charge in [-0.25, -0.2) is 0 Å². The molecule has 1 aromatic heterocycles. The van der Waals surface area contributed by atoms with Crippen LogP contribution >= 0.6 is 0 Å². The van der Waals surface area contributed by atoms with Crippen LogP contribution in [0.5, 0.6) is 0 Å². The Morgan fingerprint density at radius 3 is 2.67 bits per heavy atom. The van der Waals surface area contributed by atoms with Crippen LogP contribution in [0, 0.1) is 5.92 Å². The zero-order valence-corrected chi connectivity index (χ0v) is 12.4. The summed E-state index contributed by atoms with van der Waals surface area (Å²) in [4.78, 5) is 0. The summed E-state index contributed by atoms with van der Waals surface area (Å²) in [5.41, 5.74) is 9.44. The minimum absolute atomic E-state index is 0.580. The van der Waals surface area contributed by atoms with Gasteiger partial charge in [0.15, 0.2) is 0 Å². The zero-order valence-electron chi connectivity index (χ0n) is 12.4. The number of hydrogen-bond donors (Lipinski definition) is 3. The Morgan fingerprint density at radius 2 is 1.95 bits per heavy atom. The Balaban J connectivity index is 1.58. The highest BCUT2D eigenvalue weighted by atomic mass is 15.1. The van der Waals surface area contributed by atoms with Gasteiger partial charge in [0.25, 0.3) is 0 Å². The van der Waals surface area contributed by atoms with Crippen molar-refractivity contribution in [2.24, 2.45) is 11.7 Å². The minimum Gasteiger partial charge on any atom is -0.330 e. The van der Waals surface area contributed by atoms with E-state index >= 15 is 0 Å². The second-order valence-corrected chi connectivity index (χ2v) is 5.93. The first-order chi connectivity index (χ1) is 10.4. The number of nitrogens with two attached hydrogens (primary N) is 1. The molecule has 1 aliphatic rings. The van der Waals surface area contributed by atoms with Crippen molar-refractivity contribution in [1.29, 1.82) is 0 Å². The monoisotopic (exact) mass is 284 g/mol. The van der Waals surface area contributed by atoms with Crippen LogP contribution in [0.4, 0.5) is 0 Å². The third-order valence-corrected chi connectivity index (χ3v) is 4.55. The second kappa shape index (κ2) is 6.87. The maximum absolute atomic E-state index is 5.89. The van der Waals surface area contributed by atoms with Gasteiger partial charge in [0.1, 0.15) is 0 Å². The third-order valence-electron chi connectivity index (χ3n) is 4.55. The van der Waals surface area contributed by atoms with Crippen molar-refractivity contribution in [3.05, 3.63) is 42.1 Å². The summed E-state index contributed by atoms with van der Waals surface area (Å²) < 4.78 is 0. The van der Waals surface area contributed by atoms with Gasteiger partial charge in [-0.1, -0.05) is 37.1 Å². The highest BCUT2D eigenvalue weighted by molar-refractivity contribution is 5.58. The molecule has 1 aliphatic carbocycles. The van der Waals surface area contributed by atoms with Gasteiger partial charge in [0.2, 0.25) is 0 Å². The van der Waals surface area contributed by atoms with Crippen molar-refractivity contribution >= 4 is 0 Å². The van der Waals surface area contributed by atoms with E-state index in [0.717, 1.165) is 18.8 Å². The summed E-state index contributed by atoms with van der Waals surface area (Å²) >= 11 is 0. The summed E-state index contributed by atoms with van der Waals surface area (Å²) in [6.45, 7) is 1.72. The molecule has 21 heavy (non-hydrogen) atoms. The largest absolute Gasteiger partial charge is 0.330 e. The van der Waals surface area contributed by atoms with E-state index in [-0.39, 0.29) is 0 Å². The van der Waals surface area contributed by atoms with Crippen LogP contribution in [0.25, 0.3) is 11.3 Å². The molecule has 3 rings (SSSR count). The van der Waals surface area contributed by atoms with Crippen molar-refractivity contribution in [3.63, 3.8) is 0 Å². The number of nitrogens with zero attached hydrogens (tertiary/aromatic N) is 1. The molecule has 4 nitrogen and oxygen atoms in total. The maximum Gasteiger partial charge on any atom is 0.0650 e. The predicted octanol–water partition coefficient (Wildman–Crippen LogP) is 2.68. The van der Waals surface area contributed by atoms with E-state index in [1.165, 1.54) is 36.8 Å². The fourth-order valence-electron chi connectivity index (χ4n) is 3.23. The van der Waals surface area contributed by atoms with Crippen LogP contribution in [0.15, 0.2) is 36.5 Å². The van der Waals surface area contributed by atoms with Gasteiger partial charge in [-0.05, 0) is 42.5 Å². The van der Waals surface area contributed by atoms with Crippen LogP contribution in [0.2, 0.25) is 0 Å². The first kappa shape index (κ1) is 14.3. The number of nitrogens with one attached hydrogen (secondary N) is 2. The van der Waals surface area contributed by atoms with E-state index in [1.807, 2.05) is 6.07 Å². The fourth-order valence-corrected chi connectivity index (χ4v) is 3.23. The van der Waals surface area contributed by atoms with Gasteiger partial charge in [-0.2, -0.15) is 5.10 Å². The number of benzene rings is 1. The number of hydrogen-bond acceptors (Lipinski definition) is 3. The van der Waals surface area contributed by atoms with Crippen molar-refractivity contribution in [1.82, 2.24) is 15.5 Å². The van der Waals surface area contributed by atoms with Crippen molar-refractivity contribution in [2.75, 3.05) is 6.54 Å². The molecule has 0 spiro atoms. The smallest absolute Gasteiger partial charge is 0.0650 e. The standard InChI is InChI=1S/C17H24N4/c18-11-15-3-1-2-4-16(15)19-12-13-5-7-14(8-6-13)17-9-10-20-21-17/h5-10,15-16,19H,1-4,11-12,18H2,(H,20,21). The highest BCUT2D eigenvalue weighted by Gasteiger charge is 2.23. The molecule has 0 aliphatic heterocycles. The molecule has 0 amide bonds. The molecule has 4 heteroatoms. The van der Waals surface area contributed by atoms with E-state index in [0.29, 0.717) is 12.0 Å². The van der Waals surface area contributed by atoms with E-state index in [4.69, 9.17) is 5.73 Å². The lowest BCUT2D eigenvalue weighted by Crippen LogP contribution is -2.41. The molecule has 2 aromatic rings. The molecule has 4 N–H and O–H groups in total. The highest BCUT2D eigenvalue weighted by Crippen LogP contribution is 2.24. The Hall–Kier alpha value is -1.65. The van der Waals surface area contributed by atoms with Crippen LogP contribution in [0.3, 0.4) is 0 Å². The number of rotatable bonds is 5. The lowest BCUT2D eigenvalue weighted by Gasteiger charge is -2.31. The molecule has 1 saturated carbocycles. The lowest BCUT2D eigenvalue weighted by atomic mass is 9.84. The van der Waals surface area contributed by atoms with E-state index in [1.54, 1.807) is 6.20 Å². The van der Waals surface area contributed by atoms with Crippen LogP contribution < -0.4 is 11.1 Å². The van der Waals surface area contributed by atoms with Gasteiger partial charge in [0.05, 0.1) is 5.69 Å². The quantitative estimate of drug-likeness (QED) is 0.791. The summed E-state index contributed by atoms with van der Waals surface area (Å²) in [6, 6.07) is 11.2. The molecule has 0 bridgehead atoms. The number of H-pyrrole nitrogens is 1. The van der Waals surface area contributed by atoms with Crippen LogP contribution in [0.1, 0.15) is 31.2 Å². The summed E-state index contributed by atoms with van der Waals surface area (Å²) in [6.07, 6.45) is 6.97. The third kappa shape index (κ3) is 3.52. The normalized spacial score (nSPS) is 22.3. The van der Waals surface area contributed by atoms with Gasteiger partial charge in [-0.3, -0.25) is 5.10 Å². The number of aromatic nitrogens is 2. The van der Waals surface area contributed by atoms with Crippen molar-refractivity contribution in [3.8, 4) is 11.3 Å². The molecular formula is C17H24N4. The molecule has 2 atom stereocenters. The Morgan fingerprint density at radius 1 is 1.14 bits per heavy atom. The van der Waals surface area contributed by atoms with Crippen molar-refractivity contribution < 1.29 is 0 Å². The van der Waals surface area contributed by atoms with Gasteiger partial charge < -0.3 is 11.1 Å². The average Bonchev–Trinajstić information content (AvgIpc) is 3.08. The first-order valence-electron chi connectivity index (χ1n) is 7.89. The fraction of sp³-hybridized carbons (Fsp3) is 0.471. The molecule has 0 radical (unpaired) electrons. The van der Waals surface area contributed by atoms with Gasteiger partial charge in [-0.15, -0.1) is 0 Å². The summed E-state index contributed by atoms with van der Waals surface area (Å²) in [7, 11) is 0. The molecule has 2 unspecified atom stereocenters. The SMILES string of the molecule is NCC1CCCCC1NCc1ccc(-c2ccn[nH]2)cc1. The number of aromatic amines is 1. The maximum atomic E-state index is 5.89. The molecular weight excluding hydrogens is 260 g/mol. The summed E-state index contributed by atoms with van der Waals surface area (Å²) in [5, 5.41) is 10.7. The Bertz CT molecular complexity index is 532. The zero-order chi connectivity index (χ0) is 14.5.